The minimum absolute atomic E-state index is 0.155. The van der Waals surface area contributed by atoms with Crippen LogP contribution in [-0.2, 0) is 0 Å². The van der Waals surface area contributed by atoms with Gasteiger partial charge in [-0.2, -0.15) is 0 Å². The topological polar surface area (TPSA) is 36.7 Å². The number of anilines is 1. The Morgan fingerprint density at radius 1 is 1.12 bits per heavy atom. The number of benzene rings is 2. The van der Waals surface area contributed by atoms with E-state index in [9.17, 15) is 9.18 Å². The molecule has 3 aromatic rings. The number of piperazine rings is 1. The zero-order chi connectivity index (χ0) is 18.3. The number of nitrogens with zero attached hydrogens (tertiary/aromatic N) is 2. The Morgan fingerprint density at radius 2 is 1.85 bits per heavy atom. The molecule has 0 bridgehead atoms. The SMILES string of the molecule is Cc1c(C(=O)N2CCN(c3ccccc3Cl)CC2)oc2ccc(F)cc12. The lowest BCUT2D eigenvalue weighted by Gasteiger charge is -2.36. The highest BCUT2D eigenvalue weighted by Gasteiger charge is 2.27. The second-order valence-corrected chi connectivity index (χ2v) is 6.83. The van der Waals surface area contributed by atoms with Gasteiger partial charge in [-0.05, 0) is 37.3 Å². The molecule has 1 amide bonds. The van der Waals surface area contributed by atoms with Crippen molar-refractivity contribution in [1.29, 1.82) is 0 Å². The first-order valence-electron chi connectivity index (χ1n) is 8.52. The third kappa shape index (κ3) is 2.92. The van der Waals surface area contributed by atoms with Crippen LogP contribution < -0.4 is 4.90 Å². The van der Waals surface area contributed by atoms with Crippen molar-refractivity contribution in [3.05, 3.63) is 64.6 Å². The fraction of sp³-hybridized carbons (Fsp3) is 0.250. The molecule has 6 heteroatoms. The minimum atomic E-state index is -0.339. The van der Waals surface area contributed by atoms with Crippen LogP contribution in [0, 0.1) is 12.7 Å². The molecule has 1 aliphatic heterocycles. The van der Waals surface area contributed by atoms with E-state index in [1.165, 1.54) is 12.1 Å². The van der Waals surface area contributed by atoms with Gasteiger partial charge in [0, 0.05) is 37.1 Å². The van der Waals surface area contributed by atoms with Crippen molar-refractivity contribution in [2.75, 3.05) is 31.1 Å². The van der Waals surface area contributed by atoms with Crippen molar-refractivity contribution >= 4 is 34.2 Å². The summed E-state index contributed by atoms with van der Waals surface area (Å²) in [5.74, 6) is -0.205. The molecule has 0 N–H and O–H groups in total. The van der Waals surface area contributed by atoms with Crippen molar-refractivity contribution in [3.63, 3.8) is 0 Å². The minimum Gasteiger partial charge on any atom is -0.451 e. The van der Waals surface area contributed by atoms with Gasteiger partial charge in [0.05, 0.1) is 10.7 Å². The number of furan rings is 1. The second-order valence-electron chi connectivity index (χ2n) is 6.43. The molecule has 1 saturated heterocycles. The van der Waals surface area contributed by atoms with Crippen LogP contribution in [0.5, 0.6) is 0 Å². The molecule has 0 aliphatic carbocycles. The molecule has 0 unspecified atom stereocenters. The van der Waals surface area contributed by atoms with Crippen molar-refractivity contribution in [3.8, 4) is 0 Å². The number of para-hydroxylation sites is 1. The van der Waals surface area contributed by atoms with Crippen LogP contribution in [-0.4, -0.2) is 37.0 Å². The normalized spacial score (nSPS) is 14.9. The van der Waals surface area contributed by atoms with Crippen LogP contribution in [0.1, 0.15) is 16.1 Å². The van der Waals surface area contributed by atoms with E-state index < -0.39 is 0 Å². The van der Waals surface area contributed by atoms with Crippen molar-refractivity contribution < 1.29 is 13.6 Å². The molecular formula is C20H18ClFN2O2. The highest BCUT2D eigenvalue weighted by Crippen LogP contribution is 2.29. The van der Waals surface area contributed by atoms with E-state index in [1.54, 1.807) is 17.9 Å². The lowest BCUT2D eigenvalue weighted by atomic mass is 10.1. The van der Waals surface area contributed by atoms with E-state index in [0.717, 1.165) is 5.69 Å². The van der Waals surface area contributed by atoms with E-state index in [2.05, 4.69) is 4.90 Å². The highest BCUT2D eigenvalue weighted by atomic mass is 35.5. The molecule has 1 aliphatic rings. The van der Waals surface area contributed by atoms with E-state index in [-0.39, 0.29) is 17.5 Å². The molecule has 2 heterocycles. The first-order valence-corrected chi connectivity index (χ1v) is 8.90. The first kappa shape index (κ1) is 16.9. The molecule has 4 nitrogen and oxygen atoms in total. The molecule has 1 fully saturated rings. The van der Waals surface area contributed by atoms with E-state index in [0.29, 0.717) is 47.7 Å². The molecule has 4 rings (SSSR count). The zero-order valence-corrected chi connectivity index (χ0v) is 15.1. The van der Waals surface area contributed by atoms with Crippen LogP contribution in [0.3, 0.4) is 0 Å². The molecule has 0 radical (unpaired) electrons. The zero-order valence-electron chi connectivity index (χ0n) is 14.3. The average Bonchev–Trinajstić information content (AvgIpc) is 2.98. The molecule has 2 aromatic carbocycles. The quantitative estimate of drug-likeness (QED) is 0.664. The number of hydrogen-bond donors (Lipinski definition) is 0. The summed E-state index contributed by atoms with van der Waals surface area (Å²) in [5, 5.41) is 1.35. The van der Waals surface area contributed by atoms with E-state index >= 15 is 0 Å². The Bertz CT molecular complexity index is 977. The number of amides is 1. The number of fused-ring (bicyclic) bond motifs is 1. The Kier molecular flexibility index (Phi) is 4.32. The Hall–Kier alpha value is -2.53. The van der Waals surface area contributed by atoms with Gasteiger partial charge < -0.3 is 14.2 Å². The monoisotopic (exact) mass is 372 g/mol. The summed E-state index contributed by atoms with van der Waals surface area (Å²) in [7, 11) is 0. The number of carbonyl (C=O) groups excluding carboxylic acids is 1. The smallest absolute Gasteiger partial charge is 0.290 e. The highest BCUT2D eigenvalue weighted by molar-refractivity contribution is 6.33. The van der Waals surface area contributed by atoms with Gasteiger partial charge in [0.25, 0.3) is 5.91 Å². The number of hydrogen-bond acceptors (Lipinski definition) is 3. The summed E-state index contributed by atoms with van der Waals surface area (Å²) in [6.45, 7) is 4.34. The van der Waals surface area contributed by atoms with Crippen molar-refractivity contribution in [2.45, 2.75) is 6.92 Å². The number of halogens is 2. The summed E-state index contributed by atoms with van der Waals surface area (Å²) >= 11 is 6.26. The van der Waals surface area contributed by atoms with Gasteiger partial charge in [-0.15, -0.1) is 0 Å². The van der Waals surface area contributed by atoms with E-state index in [4.69, 9.17) is 16.0 Å². The van der Waals surface area contributed by atoms with Crippen LogP contribution >= 0.6 is 11.6 Å². The lowest BCUT2D eigenvalue weighted by molar-refractivity contribution is 0.0716. The third-order valence-electron chi connectivity index (χ3n) is 4.85. The summed E-state index contributed by atoms with van der Waals surface area (Å²) in [4.78, 5) is 16.8. The molecular weight excluding hydrogens is 355 g/mol. The molecule has 26 heavy (non-hydrogen) atoms. The largest absolute Gasteiger partial charge is 0.451 e. The Labute approximate surface area is 155 Å². The Balaban J connectivity index is 1.52. The van der Waals surface area contributed by atoms with Crippen molar-refractivity contribution in [2.24, 2.45) is 0 Å². The van der Waals surface area contributed by atoms with Crippen LogP contribution in [0.4, 0.5) is 10.1 Å². The van der Waals surface area contributed by atoms with Gasteiger partial charge in [-0.25, -0.2) is 4.39 Å². The molecule has 0 spiro atoms. The summed E-state index contributed by atoms with van der Waals surface area (Å²) < 4.78 is 19.2. The standard InChI is InChI=1S/C20H18ClFN2O2/c1-13-15-12-14(22)6-7-18(15)26-19(13)20(25)24-10-8-23(9-11-24)17-5-3-2-4-16(17)21/h2-7,12H,8-11H2,1H3. The summed E-state index contributed by atoms with van der Waals surface area (Å²) in [5.41, 5.74) is 2.19. The molecule has 0 atom stereocenters. The maximum absolute atomic E-state index is 13.5. The van der Waals surface area contributed by atoms with Crippen LogP contribution in [0.2, 0.25) is 5.02 Å². The maximum Gasteiger partial charge on any atom is 0.290 e. The van der Waals surface area contributed by atoms with Gasteiger partial charge in [-0.1, -0.05) is 23.7 Å². The van der Waals surface area contributed by atoms with Crippen LogP contribution in [0.25, 0.3) is 11.0 Å². The fourth-order valence-electron chi connectivity index (χ4n) is 3.40. The Morgan fingerprint density at radius 3 is 2.58 bits per heavy atom. The second kappa shape index (κ2) is 6.65. The lowest BCUT2D eigenvalue weighted by Crippen LogP contribution is -2.48. The van der Waals surface area contributed by atoms with E-state index in [1.807, 2.05) is 24.3 Å². The van der Waals surface area contributed by atoms with Crippen molar-refractivity contribution in [1.82, 2.24) is 4.90 Å². The average molecular weight is 373 g/mol. The molecule has 1 aromatic heterocycles. The number of aryl methyl sites for hydroxylation is 1. The number of carbonyl (C=O) groups is 1. The molecule has 134 valence electrons. The van der Waals surface area contributed by atoms with Crippen LogP contribution in [0.15, 0.2) is 46.9 Å². The van der Waals surface area contributed by atoms with Gasteiger partial charge in [0.2, 0.25) is 0 Å². The van der Waals surface area contributed by atoms with Gasteiger partial charge in [0.1, 0.15) is 11.4 Å². The molecule has 0 saturated carbocycles. The predicted molar refractivity (Wildman–Crippen MR) is 100 cm³/mol. The van der Waals surface area contributed by atoms with Gasteiger partial charge >= 0.3 is 0 Å². The first-order chi connectivity index (χ1) is 12.5. The predicted octanol–water partition coefficient (Wildman–Crippen LogP) is 4.50. The summed E-state index contributed by atoms with van der Waals surface area (Å²) in [6, 6.07) is 12.0. The van der Waals surface area contributed by atoms with Gasteiger partial charge in [-0.3, -0.25) is 4.79 Å². The maximum atomic E-state index is 13.5. The van der Waals surface area contributed by atoms with Gasteiger partial charge in [0.15, 0.2) is 5.76 Å². The summed E-state index contributed by atoms with van der Waals surface area (Å²) in [6.07, 6.45) is 0. The fourth-order valence-corrected chi connectivity index (χ4v) is 3.65. The third-order valence-corrected chi connectivity index (χ3v) is 5.17. The number of rotatable bonds is 2.